The van der Waals surface area contributed by atoms with Gasteiger partial charge in [-0.3, -0.25) is 9.59 Å². The second-order valence-electron chi connectivity index (χ2n) is 4.34. The highest BCUT2D eigenvalue weighted by atomic mass is 32.1. The van der Waals surface area contributed by atoms with E-state index in [1.165, 1.54) is 30.1 Å². The van der Waals surface area contributed by atoms with Crippen LogP contribution in [0.3, 0.4) is 0 Å². The zero-order valence-corrected chi connectivity index (χ0v) is 12.5. The van der Waals surface area contributed by atoms with E-state index in [1.54, 1.807) is 6.92 Å². The summed E-state index contributed by atoms with van der Waals surface area (Å²) in [5, 5.41) is 7.94. The van der Waals surface area contributed by atoms with Crippen LogP contribution in [0, 0.1) is 0 Å². The average Bonchev–Trinajstić information content (AvgIpc) is 3.08. The monoisotopic (exact) mass is 321 g/mol. The molecule has 0 fully saturated rings. The molecule has 1 N–H and O–H groups in total. The van der Waals surface area contributed by atoms with Crippen LogP contribution in [0.15, 0.2) is 21.3 Å². The number of aromatic amines is 1. The predicted molar refractivity (Wildman–Crippen MR) is 78.1 cm³/mol. The van der Waals surface area contributed by atoms with Crippen molar-refractivity contribution >= 4 is 23.0 Å². The Morgan fingerprint density at radius 2 is 2.18 bits per heavy atom. The summed E-state index contributed by atoms with van der Waals surface area (Å²) >= 11 is 1.18. The van der Waals surface area contributed by atoms with E-state index in [2.05, 4.69) is 15.2 Å². The van der Waals surface area contributed by atoms with Gasteiger partial charge in [0, 0.05) is 13.2 Å². The minimum Gasteiger partial charge on any atom is -0.462 e. The van der Waals surface area contributed by atoms with Gasteiger partial charge >= 0.3 is 5.97 Å². The van der Waals surface area contributed by atoms with Crippen LogP contribution in [0.2, 0.25) is 0 Å². The standard InChI is InChI=1S/C12H11N5O4S/c1-3-21-12(20)6-4-13-8-7(9-15-14-5-22-9)11(19)16(2)17(8)10(6)18/h4-5,13H,3H2,1-2H3. The molecule has 0 amide bonds. The second kappa shape index (κ2) is 5.22. The molecule has 9 nitrogen and oxygen atoms in total. The molecule has 0 aliphatic carbocycles. The Hall–Kier alpha value is -2.75. The lowest BCUT2D eigenvalue weighted by molar-refractivity contribution is 0.0523. The molecule has 0 aromatic carbocycles. The van der Waals surface area contributed by atoms with E-state index in [9.17, 15) is 14.4 Å². The SMILES string of the molecule is CCOC(=O)c1c[nH]c2c(-c3nncs3)c(=O)n(C)n2c1=O. The smallest absolute Gasteiger partial charge is 0.345 e. The molecule has 0 radical (unpaired) electrons. The van der Waals surface area contributed by atoms with Gasteiger partial charge in [-0.1, -0.05) is 11.3 Å². The van der Waals surface area contributed by atoms with Crippen molar-refractivity contribution in [2.24, 2.45) is 7.05 Å². The van der Waals surface area contributed by atoms with Crippen LogP contribution in [0.4, 0.5) is 0 Å². The Labute approximate surface area is 126 Å². The molecule has 10 heteroatoms. The zero-order valence-electron chi connectivity index (χ0n) is 11.7. The first-order valence-corrected chi connectivity index (χ1v) is 7.21. The minimum atomic E-state index is -0.746. The maximum atomic E-state index is 12.5. The third-order valence-corrected chi connectivity index (χ3v) is 3.81. The second-order valence-corrected chi connectivity index (χ2v) is 5.17. The number of aromatic nitrogens is 5. The molecule has 0 unspecified atom stereocenters. The van der Waals surface area contributed by atoms with Crippen LogP contribution >= 0.6 is 11.3 Å². The number of aryl methyl sites for hydroxylation is 1. The van der Waals surface area contributed by atoms with Crippen molar-refractivity contribution in [1.82, 2.24) is 24.4 Å². The molecule has 0 atom stereocenters. The quantitative estimate of drug-likeness (QED) is 0.681. The number of hydrogen-bond donors (Lipinski definition) is 1. The Balaban J connectivity index is 2.34. The number of rotatable bonds is 3. The van der Waals surface area contributed by atoms with Crippen LogP contribution in [0.5, 0.6) is 0 Å². The Kier molecular flexibility index (Phi) is 3.37. The molecule has 3 aromatic rings. The van der Waals surface area contributed by atoms with Gasteiger partial charge in [0.15, 0.2) is 5.01 Å². The fraction of sp³-hybridized carbons (Fsp3) is 0.250. The number of fused-ring (bicyclic) bond motifs is 1. The van der Waals surface area contributed by atoms with E-state index in [0.29, 0.717) is 5.01 Å². The fourth-order valence-corrected chi connectivity index (χ4v) is 2.72. The molecule has 3 rings (SSSR count). The van der Waals surface area contributed by atoms with E-state index in [4.69, 9.17) is 4.74 Å². The Bertz CT molecular complexity index is 966. The van der Waals surface area contributed by atoms with Gasteiger partial charge < -0.3 is 9.72 Å². The van der Waals surface area contributed by atoms with Crippen molar-refractivity contribution in [2.75, 3.05) is 6.61 Å². The Morgan fingerprint density at radius 3 is 2.82 bits per heavy atom. The minimum absolute atomic E-state index is 0.150. The predicted octanol–water partition coefficient (Wildman–Crippen LogP) is 0.0215. The first-order valence-electron chi connectivity index (χ1n) is 6.33. The number of esters is 1. The zero-order chi connectivity index (χ0) is 15.9. The highest BCUT2D eigenvalue weighted by molar-refractivity contribution is 7.12. The van der Waals surface area contributed by atoms with Gasteiger partial charge in [0.25, 0.3) is 11.1 Å². The van der Waals surface area contributed by atoms with Gasteiger partial charge in [-0.05, 0) is 6.92 Å². The van der Waals surface area contributed by atoms with Gasteiger partial charge in [-0.25, -0.2) is 9.48 Å². The average molecular weight is 321 g/mol. The van der Waals surface area contributed by atoms with Crippen LogP contribution in [0.1, 0.15) is 17.3 Å². The molecule has 22 heavy (non-hydrogen) atoms. The van der Waals surface area contributed by atoms with Crippen molar-refractivity contribution < 1.29 is 9.53 Å². The van der Waals surface area contributed by atoms with Crippen LogP contribution in [-0.2, 0) is 11.8 Å². The van der Waals surface area contributed by atoms with E-state index in [-0.39, 0.29) is 23.4 Å². The summed E-state index contributed by atoms with van der Waals surface area (Å²) < 4.78 is 7.03. The lowest BCUT2D eigenvalue weighted by Crippen LogP contribution is -2.29. The van der Waals surface area contributed by atoms with Crippen molar-refractivity contribution in [3.8, 4) is 10.6 Å². The topological polar surface area (TPSA) is 111 Å². The summed E-state index contributed by atoms with van der Waals surface area (Å²) in [7, 11) is 1.43. The third kappa shape index (κ3) is 1.96. The number of H-pyrrole nitrogens is 1. The molecule has 0 aliphatic heterocycles. The highest BCUT2D eigenvalue weighted by Gasteiger charge is 2.22. The maximum Gasteiger partial charge on any atom is 0.345 e. The molecule has 0 saturated heterocycles. The lowest BCUT2D eigenvalue weighted by atomic mass is 10.3. The first-order chi connectivity index (χ1) is 10.6. The van der Waals surface area contributed by atoms with Gasteiger partial charge in [0.2, 0.25) is 0 Å². The lowest BCUT2D eigenvalue weighted by Gasteiger charge is -2.03. The summed E-state index contributed by atoms with van der Waals surface area (Å²) in [5.74, 6) is -0.746. The number of ether oxygens (including phenoxy) is 1. The van der Waals surface area contributed by atoms with Crippen molar-refractivity contribution in [2.45, 2.75) is 6.92 Å². The van der Waals surface area contributed by atoms with Gasteiger partial charge in [-0.2, -0.15) is 4.52 Å². The van der Waals surface area contributed by atoms with Crippen LogP contribution in [0.25, 0.3) is 16.2 Å². The molecule has 0 bridgehead atoms. The summed E-state index contributed by atoms with van der Waals surface area (Å²) in [4.78, 5) is 39.4. The molecule has 0 aliphatic rings. The van der Waals surface area contributed by atoms with Crippen molar-refractivity contribution in [3.63, 3.8) is 0 Å². The summed E-state index contributed by atoms with van der Waals surface area (Å²) in [6, 6.07) is 0. The largest absolute Gasteiger partial charge is 0.462 e. The van der Waals surface area contributed by atoms with Gasteiger partial charge in [0.1, 0.15) is 22.3 Å². The molecule has 3 aromatic heterocycles. The molecular weight excluding hydrogens is 310 g/mol. The van der Waals surface area contributed by atoms with Crippen molar-refractivity contribution in [3.05, 3.63) is 38.0 Å². The number of carbonyl (C=O) groups excluding carboxylic acids is 1. The summed E-state index contributed by atoms with van der Waals surface area (Å²) in [6.07, 6.45) is 1.24. The summed E-state index contributed by atoms with van der Waals surface area (Å²) in [5.41, 5.74) is 0.751. The number of nitrogens with one attached hydrogen (secondary N) is 1. The molecule has 114 valence electrons. The fourth-order valence-electron chi connectivity index (χ4n) is 2.13. The molecule has 3 heterocycles. The molecular formula is C12H11N5O4S. The normalized spacial score (nSPS) is 11.0. The van der Waals surface area contributed by atoms with Crippen molar-refractivity contribution in [1.29, 1.82) is 0 Å². The number of nitrogens with zero attached hydrogens (tertiary/aromatic N) is 4. The number of carbonyl (C=O) groups is 1. The number of hydrogen-bond acceptors (Lipinski definition) is 7. The van der Waals surface area contributed by atoms with E-state index in [1.807, 2.05) is 0 Å². The van der Waals surface area contributed by atoms with E-state index >= 15 is 0 Å². The van der Waals surface area contributed by atoms with Crippen LogP contribution < -0.4 is 11.1 Å². The van der Waals surface area contributed by atoms with Crippen LogP contribution in [-0.4, -0.2) is 37.0 Å². The van der Waals surface area contributed by atoms with E-state index < -0.39 is 17.1 Å². The highest BCUT2D eigenvalue weighted by Crippen LogP contribution is 2.20. The van der Waals surface area contributed by atoms with E-state index in [0.717, 1.165) is 9.20 Å². The van der Waals surface area contributed by atoms with Gasteiger partial charge in [-0.15, -0.1) is 10.2 Å². The third-order valence-electron chi connectivity index (χ3n) is 3.10. The molecule has 0 spiro atoms. The maximum absolute atomic E-state index is 12.5. The summed E-state index contributed by atoms with van der Waals surface area (Å²) in [6.45, 7) is 1.79. The Morgan fingerprint density at radius 1 is 1.41 bits per heavy atom. The molecule has 0 saturated carbocycles. The first kappa shape index (κ1) is 14.2. The van der Waals surface area contributed by atoms with Gasteiger partial charge in [0.05, 0.1) is 6.61 Å².